The van der Waals surface area contributed by atoms with Crippen LogP contribution in [0.3, 0.4) is 0 Å². The Balaban J connectivity index is 1.41. The normalized spacial score (nSPS) is 16.3. The first kappa shape index (κ1) is 20.8. The molecule has 31 heavy (non-hydrogen) atoms. The Morgan fingerprint density at radius 3 is 2.32 bits per heavy atom. The summed E-state index contributed by atoms with van der Waals surface area (Å²) in [5.74, 6) is -0.837. The summed E-state index contributed by atoms with van der Waals surface area (Å²) in [6.45, 7) is 4.35. The number of hydrogen-bond donors (Lipinski definition) is 0. The van der Waals surface area contributed by atoms with Gasteiger partial charge in [-0.15, -0.1) is 0 Å². The number of ether oxygens (including phenoxy) is 1. The Morgan fingerprint density at radius 2 is 1.68 bits per heavy atom. The van der Waals surface area contributed by atoms with Crippen molar-refractivity contribution in [1.82, 2.24) is 0 Å². The molecule has 0 bridgehead atoms. The number of esters is 1. The molecule has 0 aliphatic carbocycles. The van der Waals surface area contributed by atoms with Gasteiger partial charge >= 0.3 is 5.97 Å². The maximum Gasteiger partial charge on any atom is 0.338 e. The number of nitrogens with zero attached hydrogens (tertiary/aromatic N) is 2. The minimum atomic E-state index is -0.948. The lowest BCUT2D eigenvalue weighted by atomic mass is 10.0. The van der Waals surface area contributed by atoms with Crippen LogP contribution in [-0.4, -0.2) is 42.8 Å². The van der Waals surface area contributed by atoms with Crippen molar-refractivity contribution in [3.8, 4) is 0 Å². The molecular weight excluding hydrogens is 396 g/mol. The number of ketones is 1. The maximum absolute atomic E-state index is 12.8. The van der Waals surface area contributed by atoms with E-state index in [9.17, 15) is 19.2 Å². The summed E-state index contributed by atoms with van der Waals surface area (Å²) >= 11 is 0. The van der Waals surface area contributed by atoms with Gasteiger partial charge in [-0.05, 0) is 67.8 Å². The molecule has 2 aliphatic heterocycles. The number of rotatable bonds is 5. The molecule has 2 heterocycles. The van der Waals surface area contributed by atoms with Gasteiger partial charge in [-0.2, -0.15) is 0 Å². The second-order valence-electron chi connectivity index (χ2n) is 7.87. The van der Waals surface area contributed by atoms with Gasteiger partial charge in [0.05, 0.1) is 5.56 Å². The third-order valence-electron chi connectivity index (χ3n) is 5.78. The Hall–Kier alpha value is -3.48. The Bertz CT molecular complexity index is 1060. The van der Waals surface area contributed by atoms with Crippen LogP contribution in [-0.2, 0) is 20.7 Å². The highest BCUT2D eigenvalue weighted by Crippen LogP contribution is 2.29. The molecule has 2 aromatic carbocycles. The number of fused-ring (bicyclic) bond motifs is 1. The summed E-state index contributed by atoms with van der Waals surface area (Å²) in [7, 11) is 0. The molecule has 7 heteroatoms. The summed E-state index contributed by atoms with van der Waals surface area (Å²) in [6.07, 6.45) is 1.11. The Labute approximate surface area is 180 Å². The van der Waals surface area contributed by atoms with Crippen LogP contribution < -0.4 is 9.80 Å². The Morgan fingerprint density at radius 1 is 0.968 bits per heavy atom. The number of carbonyl (C=O) groups excluding carboxylic acids is 4. The minimum absolute atomic E-state index is 0.0276. The van der Waals surface area contributed by atoms with Gasteiger partial charge in [0.15, 0.2) is 6.10 Å². The van der Waals surface area contributed by atoms with E-state index in [1.54, 1.807) is 59.2 Å². The standard InChI is InChI=1S/C24H24N2O5/c1-15(23(29)19-7-10-21-18(14-19)11-13-25(21)16(2)27)31-24(30)17-5-8-20(9-6-17)26-12-3-4-22(26)28/h5-10,14-15H,3-4,11-13H2,1-2H3/t15-/m1/s1. The number of carbonyl (C=O) groups is 4. The highest BCUT2D eigenvalue weighted by molar-refractivity contribution is 6.03. The third kappa shape index (κ3) is 4.08. The first-order valence-corrected chi connectivity index (χ1v) is 10.4. The summed E-state index contributed by atoms with van der Waals surface area (Å²) in [6, 6.07) is 11.8. The van der Waals surface area contributed by atoms with E-state index in [1.165, 1.54) is 6.92 Å². The zero-order chi connectivity index (χ0) is 22.1. The predicted octanol–water partition coefficient (Wildman–Crippen LogP) is 3.15. The molecule has 0 spiro atoms. The van der Waals surface area contributed by atoms with Crippen molar-refractivity contribution in [2.24, 2.45) is 0 Å². The van der Waals surface area contributed by atoms with Gasteiger partial charge in [0.2, 0.25) is 17.6 Å². The summed E-state index contributed by atoms with van der Waals surface area (Å²) in [5, 5.41) is 0. The molecule has 1 atom stereocenters. The fraction of sp³-hybridized carbons (Fsp3) is 0.333. The van der Waals surface area contributed by atoms with Crippen molar-refractivity contribution in [2.45, 2.75) is 39.2 Å². The lowest BCUT2D eigenvalue weighted by Gasteiger charge is -2.17. The zero-order valence-electron chi connectivity index (χ0n) is 17.6. The molecule has 2 aromatic rings. The van der Waals surface area contributed by atoms with Crippen LogP contribution in [0.5, 0.6) is 0 Å². The van der Waals surface area contributed by atoms with Gasteiger partial charge in [-0.1, -0.05) is 0 Å². The number of anilines is 2. The van der Waals surface area contributed by atoms with E-state index in [-0.39, 0.29) is 17.6 Å². The van der Waals surface area contributed by atoms with Crippen molar-refractivity contribution in [2.75, 3.05) is 22.9 Å². The van der Waals surface area contributed by atoms with Crippen LogP contribution in [0.1, 0.15) is 53.0 Å². The highest BCUT2D eigenvalue weighted by atomic mass is 16.5. The quantitative estimate of drug-likeness (QED) is 0.548. The second-order valence-corrected chi connectivity index (χ2v) is 7.87. The van der Waals surface area contributed by atoms with Crippen LogP contribution in [0.2, 0.25) is 0 Å². The van der Waals surface area contributed by atoms with Crippen molar-refractivity contribution in [1.29, 1.82) is 0 Å². The smallest absolute Gasteiger partial charge is 0.338 e. The highest BCUT2D eigenvalue weighted by Gasteiger charge is 2.26. The molecule has 0 N–H and O–H groups in total. The van der Waals surface area contributed by atoms with Gasteiger partial charge in [0.25, 0.3) is 0 Å². The van der Waals surface area contributed by atoms with Gasteiger partial charge in [0.1, 0.15) is 0 Å². The number of amides is 2. The molecule has 0 saturated carbocycles. The molecule has 7 nitrogen and oxygen atoms in total. The summed E-state index contributed by atoms with van der Waals surface area (Å²) < 4.78 is 5.38. The van der Waals surface area contributed by atoms with E-state index in [0.717, 1.165) is 23.4 Å². The van der Waals surface area contributed by atoms with Gasteiger partial charge in [-0.3, -0.25) is 14.4 Å². The second kappa shape index (κ2) is 8.34. The fourth-order valence-electron chi connectivity index (χ4n) is 4.10. The fourth-order valence-corrected chi connectivity index (χ4v) is 4.10. The minimum Gasteiger partial charge on any atom is -0.451 e. The molecule has 1 fully saturated rings. The number of Topliss-reactive ketones (excluding diaryl/α,β-unsaturated/α-hetero) is 1. The SMILES string of the molecule is CC(=O)N1CCc2cc(C(=O)[C@@H](C)OC(=O)c3ccc(N4CCCC4=O)cc3)ccc21. The van der Waals surface area contributed by atoms with Crippen molar-refractivity contribution < 1.29 is 23.9 Å². The molecule has 0 aromatic heterocycles. The van der Waals surface area contributed by atoms with E-state index in [0.29, 0.717) is 37.1 Å². The molecule has 0 radical (unpaired) electrons. The molecule has 1 saturated heterocycles. The average Bonchev–Trinajstić information content (AvgIpc) is 3.38. The summed E-state index contributed by atoms with van der Waals surface area (Å²) in [5.41, 5.74) is 3.28. The molecule has 0 unspecified atom stereocenters. The van der Waals surface area contributed by atoms with Crippen LogP contribution in [0.15, 0.2) is 42.5 Å². The molecule has 160 valence electrons. The largest absolute Gasteiger partial charge is 0.451 e. The number of hydrogen-bond acceptors (Lipinski definition) is 5. The predicted molar refractivity (Wildman–Crippen MR) is 115 cm³/mol. The molecular formula is C24H24N2O5. The first-order valence-electron chi connectivity index (χ1n) is 10.4. The zero-order valence-corrected chi connectivity index (χ0v) is 17.6. The lowest BCUT2D eigenvalue weighted by molar-refractivity contribution is -0.117. The van der Waals surface area contributed by atoms with E-state index in [1.807, 2.05) is 0 Å². The molecule has 4 rings (SSSR count). The topological polar surface area (TPSA) is 84.0 Å². The average molecular weight is 420 g/mol. The monoisotopic (exact) mass is 420 g/mol. The van der Waals surface area contributed by atoms with Crippen molar-refractivity contribution in [3.63, 3.8) is 0 Å². The van der Waals surface area contributed by atoms with Gasteiger partial charge in [-0.25, -0.2) is 4.79 Å². The number of benzene rings is 2. The lowest BCUT2D eigenvalue weighted by Crippen LogP contribution is -2.26. The van der Waals surface area contributed by atoms with E-state index < -0.39 is 12.1 Å². The van der Waals surface area contributed by atoms with Crippen molar-refractivity contribution in [3.05, 3.63) is 59.2 Å². The van der Waals surface area contributed by atoms with Crippen LogP contribution in [0.25, 0.3) is 0 Å². The summed E-state index contributed by atoms with van der Waals surface area (Å²) in [4.78, 5) is 52.2. The van der Waals surface area contributed by atoms with E-state index in [4.69, 9.17) is 4.74 Å². The van der Waals surface area contributed by atoms with Crippen LogP contribution in [0, 0.1) is 0 Å². The van der Waals surface area contributed by atoms with Crippen LogP contribution in [0.4, 0.5) is 11.4 Å². The van der Waals surface area contributed by atoms with Gasteiger partial charge in [0, 0.05) is 43.4 Å². The Kier molecular flexibility index (Phi) is 5.59. The first-order chi connectivity index (χ1) is 14.8. The van der Waals surface area contributed by atoms with Crippen molar-refractivity contribution >= 4 is 34.9 Å². The maximum atomic E-state index is 12.8. The molecule has 2 aliphatic rings. The molecule has 2 amide bonds. The third-order valence-corrected chi connectivity index (χ3v) is 5.78. The van der Waals surface area contributed by atoms with E-state index >= 15 is 0 Å². The van der Waals surface area contributed by atoms with Gasteiger partial charge < -0.3 is 14.5 Å². The van der Waals surface area contributed by atoms with E-state index in [2.05, 4.69) is 0 Å². The van der Waals surface area contributed by atoms with Crippen LogP contribution >= 0.6 is 0 Å².